The number of benzene rings is 1. The van der Waals surface area contributed by atoms with Crippen molar-refractivity contribution in [1.29, 1.82) is 0 Å². The Hall–Kier alpha value is -2.28. The second-order valence-electron chi connectivity index (χ2n) is 5.28. The molecule has 7 nitrogen and oxygen atoms in total. The number of nitrogens with zero attached hydrogens (tertiary/aromatic N) is 1. The molecular weight excluding hydrogens is 322 g/mol. The van der Waals surface area contributed by atoms with Crippen molar-refractivity contribution in [1.82, 2.24) is 10.6 Å². The molecule has 0 bridgehead atoms. The van der Waals surface area contributed by atoms with E-state index >= 15 is 0 Å². The predicted molar refractivity (Wildman–Crippen MR) is 98.3 cm³/mol. The fraction of sp³-hybridized carbons (Fsp3) is 0.556. The summed E-state index contributed by atoms with van der Waals surface area (Å²) < 4.78 is 15.3. The van der Waals surface area contributed by atoms with E-state index in [4.69, 9.17) is 14.2 Å². The fourth-order valence-corrected chi connectivity index (χ4v) is 2.22. The van der Waals surface area contributed by atoms with Crippen molar-refractivity contribution in [3.05, 3.63) is 29.3 Å². The molecule has 1 aromatic rings. The number of hydrogen-bond donors (Lipinski definition) is 2. The van der Waals surface area contributed by atoms with Gasteiger partial charge in [0.15, 0.2) is 5.96 Å². The number of hydrogen-bond acceptors (Lipinski definition) is 5. The van der Waals surface area contributed by atoms with Crippen LogP contribution in [0.2, 0.25) is 0 Å². The number of carbonyl (C=O) groups is 1. The molecule has 0 aliphatic heterocycles. The summed E-state index contributed by atoms with van der Waals surface area (Å²) in [5, 5.41) is 6.48. The molecule has 0 aliphatic rings. The van der Waals surface area contributed by atoms with Crippen molar-refractivity contribution in [3.8, 4) is 5.75 Å². The highest BCUT2D eigenvalue weighted by Crippen LogP contribution is 2.20. The molecular formula is C18H29N3O4. The summed E-state index contributed by atoms with van der Waals surface area (Å²) in [5.74, 6) is 0.787. The number of unbranched alkanes of at least 4 members (excludes halogenated alkanes) is 1. The number of guanidine groups is 1. The molecule has 0 aliphatic carbocycles. The Kier molecular flexibility index (Phi) is 10.1. The van der Waals surface area contributed by atoms with Crippen molar-refractivity contribution < 1.29 is 19.0 Å². The third-order valence-corrected chi connectivity index (χ3v) is 3.56. The summed E-state index contributed by atoms with van der Waals surface area (Å²) in [7, 11) is 4.60. The van der Waals surface area contributed by atoms with Crippen LogP contribution in [-0.2, 0) is 16.0 Å². The van der Waals surface area contributed by atoms with Gasteiger partial charge in [0.05, 0.1) is 14.2 Å². The molecule has 0 saturated carbocycles. The van der Waals surface area contributed by atoms with Gasteiger partial charge in [0.25, 0.3) is 0 Å². The van der Waals surface area contributed by atoms with Gasteiger partial charge >= 0.3 is 5.97 Å². The molecule has 0 amide bonds. The second kappa shape index (κ2) is 12.1. The van der Waals surface area contributed by atoms with Crippen molar-refractivity contribution in [2.24, 2.45) is 4.99 Å². The molecule has 0 spiro atoms. The molecule has 25 heavy (non-hydrogen) atoms. The quantitative estimate of drug-likeness (QED) is 0.290. The highest BCUT2D eigenvalue weighted by atomic mass is 16.5. The van der Waals surface area contributed by atoms with E-state index in [-0.39, 0.29) is 0 Å². The number of carbonyl (C=O) groups excluding carboxylic acids is 1. The van der Waals surface area contributed by atoms with Crippen LogP contribution in [0.4, 0.5) is 0 Å². The summed E-state index contributed by atoms with van der Waals surface area (Å²) >= 11 is 0. The van der Waals surface area contributed by atoms with E-state index in [0.717, 1.165) is 38.2 Å². The molecule has 0 unspecified atom stereocenters. The first-order chi connectivity index (χ1) is 12.2. The minimum Gasteiger partial charge on any atom is -0.496 e. The van der Waals surface area contributed by atoms with Crippen LogP contribution >= 0.6 is 0 Å². The van der Waals surface area contributed by atoms with E-state index in [1.807, 2.05) is 13.0 Å². The Morgan fingerprint density at radius 3 is 2.64 bits per heavy atom. The topological polar surface area (TPSA) is 81.2 Å². The van der Waals surface area contributed by atoms with Crippen LogP contribution in [0.1, 0.15) is 35.7 Å². The number of esters is 1. The van der Waals surface area contributed by atoms with Gasteiger partial charge in [-0.25, -0.2) is 4.79 Å². The number of methoxy groups -OCH3 is 2. The second-order valence-corrected chi connectivity index (χ2v) is 5.28. The molecule has 1 rings (SSSR count). The maximum Gasteiger partial charge on any atom is 0.341 e. The minimum atomic E-state index is -0.421. The number of aliphatic imine (C=N–C) groups is 1. The first kappa shape index (κ1) is 20.8. The fourth-order valence-electron chi connectivity index (χ4n) is 2.22. The third-order valence-electron chi connectivity index (χ3n) is 3.56. The lowest BCUT2D eigenvalue weighted by Gasteiger charge is -2.13. The molecule has 0 radical (unpaired) electrons. The van der Waals surface area contributed by atoms with Crippen molar-refractivity contribution in [3.63, 3.8) is 0 Å². The van der Waals surface area contributed by atoms with Gasteiger partial charge in [-0.1, -0.05) is 6.07 Å². The van der Waals surface area contributed by atoms with E-state index in [9.17, 15) is 4.79 Å². The first-order valence-electron chi connectivity index (χ1n) is 8.43. The Morgan fingerprint density at radius 1 is 1.20 bits per heavy atom. The van der Waals surface area contributed by atoms with Crippen LogP contribution in [0, 0.1) is 0 Å². The number of ether oxygens (including phenoxy) is 3. The molecule has 1 aromatic carbocycles. The predicted octanol–water partition coefficient (Wildman–Crippen LogP) is 1.96. The normalized spacial score (nSPS) is 11.1. The first-order valence-corrected chi connectivity index (χ1v) is 8.43. The van der Waals surface area contributed by atoms with Crippen LogP contribution in [0.5, 0.6) is 5.75 Å². The lowest BCUT2D eigenvalue weighted by molar-refractivity contribution is 0.0597. The zero-order valence-corrected chi connectivity index (χ0v) is 15.6. The molecule has 0 aromatic heterocycles. The molecule has 2 N–H and O–H groups in total. The Labute approximate surface area is 149 Å². The van der Waals surface area contributed by atoms with Crippen LogP contribution in [0.25, 0.3) is 0 Å². The zero-order valence-electron chi connectivity index (χ0n) is 15.6. The average molecular weight is 351 g/mol. The van der Waals surface area contributed by atoms with Crippen molar-refractivity contribution >= 4 is 11.9 Å². The summed E-state index contributed by atoms with van der Waals surface area (Å²) in [6.45, 7) is 4.89. The molecule has 0 atom stereocenters. The van der Waals surface area contributed by atoms with Gasteiger partial charge in [-0.15, -0.1) is 0 Å². The largest absolute Gasteiger partial charge is 0.496 e. The number of rotatable bonds is 10. The summed E-state index contributed by atoms with van der Waals surface area (Å²) in [6, 6.07) is 5.41. The highest BCUT2D eigenvalue weighted by Gasteiger charge is 2.13. The molecule has 7 heteroatoms. The summed E-state index contributed by atoms with van der Waals surface area (Å²) in [4.78, 5) is 16.0. The van der Waals surface area contributed by atoms with Gasteiger partial charge in [0.2, 0.25) is 0 Å². The minimum absolute atomic E-state index is 0.406. The van der Waals surface area contributed by atoms with E-state index in [2.05, 4.69) is 15.6 Å². The molecule has 140 valence electrons. The zero-order chi connectivity index (χ0) is 18.5. The van der Waals surface area contributed by atoms with Gasteiger partial charge in [0.1, 0.15) is 11.3 Å². The van der Waals surface area contributed by atoms with Crippen LogP contribution in [0.3, 0.4) is 0 Å². The van der Waals surface area contributed by atoms with Gasteiger partial charge < -0.3 is 24.8 Å². The van der Waals surface area contributed by atoms with Crippen molar-refractivity contribution in [2.75, 3.05) is 41.0 Å². The smallest absolute Gasteiger partial charge is 0.341 e. The third kappa shape index (κ3) is 7.43. The highest BCUT2D eigenvalue weighted by molar-refractivity contribution is 5.92. The van der Waals surface area contributed by atoms with Gasteiger partial charge in [-0.05, 0) is 37.5 Å². The Balaban J connectivity index is 2.51. The van der Waals surface area contributed by atoms with Crippen LogP contribution in [0.15, 0.2) is 23.2 Å². The molecule has 0 fully saturated rings. The maximum atomic E-state index is 11.8. The summed E-state index contributed by atoms with van der Waals surface area (Å²) in [5.41, 5.74) is 1.34. The average Bonchev–Trinajstić information content (AvgIpc) is 2.65. The SMILES string of the molecule is CCOCCCCNC(=NC)NCc1ccc(OC)c(C(=O)OC)c1. The van der Waals surface area contributed by atoms with Gasteiger partial charge in [0, 0.05) is 33.4 Å². The standard InChI is InChI=1S/C18H29N3O4/c1-5-25-11-7-6-10-20-18(19-2)21-13-14-8-9-16(23-3)15(12-14)17(22)24-4/h8-9,12H,5-7,10-11,13H2,1-4H3,(H2,19,20,21). The van der Waals surface area contributed by atoms with Crippen LogP contribution < -0.4 is 15.4 Å². The lowest BCUT2D eigenvalue weighted by atomic mass is 10.1. The Bertz CT molecular complexity index is 561. The maximum absolute atomic E-state index is 11.8. The molecule has 0 heterocycles. The van der Waals surface area contributed by atoms with Gasteiger partial charge in [-0.2, -0.15) is 0 Å². The monoisotopic (exact) mass is 351 g/mol. The van der Waals surface area contributed by atoms with E-state index in [1.54, 1.807) is 19.2 Å². The lowest BCUT2D eigenvalue weighted by Crippen LogP contribution is -2.37. The molecule has 0 saturated heterocycles. The van der Waals surface area contributed by atoms with Gasteiger partial charge in [-0.3, -0.25) is 4.99 Å². The number of nitrogens with one attached hydrogen (secondary N) is 2. The van der Waals surface area contributed by atoms with Crippen LogP contribution in [-0.4, -0.2) is 53.0 Å². The van der Waals surface area contributed by atoms with E-state index in [0.29, 0.717) is 23.8 Å². The van der Waals surface area contributed by atoms with E-state index < -0.39 is 5.97 Å². The van der Waals surface area contributed by atoms with E-state index in [1.165, 1.54) is 14.2 Å². The summed E-state index contributed by atoms with van der Waals surface area (Å²) in [6.07, 6.45) is 2.02. The Morgan fingerprint density at radius 2 is 2.00 bits per heavy atom. The van der Waals surface area contributed by atoms with Crippen molar-refractivity contribution in [2.45, 2.75) is 26.3 Å².